The third-order valence-electron chi connectivity index (χ3n) is 6.28. The van der Waals surface area contributed by atoms with Gasteiger partial charge in [0.05, 0.1) is 17.7 Å². The molecule has 0 radical (unpaired) electrons. The van der Waals surface area contributed by atoms with Crippen molar-refractivity contribution in [3.8, 4) is 22.6 Å². The third kappa shape index (κ3) is 7.21. The van der Waals surface area contributed by atoms with Crippen molar-refractivity contribution in [1.29, 1.82) is 0 Å². The maximum atomic E-state index is 9.64. The number of hydrogen-bond acceptors (Lipinski definition) is 5. The minimum Gasteiger partial charge on any atom is -0.494 e. The minimum atomic E-state index is -0.129. The van der Waals surface area contributed by atoms with Gasteiger partial charge >= 0.3 is 0 Å². The summed E-state index contributed by atoms with van der Waals surface area (Å²) in [5.74, 6) is 1.49. The van der Waals surface area contributed by atoms with E-state index in [1.54, 1.807) is 0 Å². The number of ether oxygens (including phenoxy) is 2. The summed E-state index contributed by atoms with van der Waals surface area (Å²) in [6.07, 6.45) is 2.58. The van der Waals surface area contributed by atoms with Gasteiger partial charge in [0.25, 0.3) is 0 Å². The van der Waals surface area contributed by atoms with Crippen LogP contribution < -0.4 is 15.2 Å². The van der Waals surface area contributed by atoms with Gasteiger partial charge in [0, 0.05) is 36.2 Å². The molecule has 1 saturated heterocycles. The van der Waals surface area contributed by atoms with Crippen LogP contribution in [0.15, 0.2) is 65.1 Å². The van der Waals surface area contributed by atoms with Crippen molar-refractivity contribution in [2.24, 2.45) is 5.73 Å². The first-order valence-electron chi connectivity index (χ1n) is 12.1. The second-order valence-electron chi connectivity index (χ2n) is 8.84. The molecule has 3 aromatic rings. The first-order chi connectivity index (χ1) is 17.0. The lowest BCUT2D eigenvalue weighted by Crippen LogP contribution is -2.36. The van der Waals surface area contributed by atoms with Crippen molar-refractivity contribution in [2.75, 3.05) is 26.2 Å². The second-order valence-corrected chi connectivity index (χ2v) is 10.0. The summed E-state index contributed by atoms with van der Waals surface area (Å²) in [6, 6.07) is 19.9. The average molecular weight is 560 g/mol. The molecule has 0 aromatic heterocycles. The van der Waals surface area contributed by atoms with Gasteiger partial charge in [-0.1, -0.05) is 48.0 Å². The predicted molar refractivity (Wildman–Crippen MR) is 145 cm³/mol. The predicted octanol–water partition coefficient (Wildman–Crippen LogP) is 6.03. The average Bonchev–Trinajstić information content (AvgIpc) is 2.88. The van der Waals surface area contributed by atoms with Crippen molar-refractivity contribution in [1.82, 2.24) is 4.90 Å². The fourth-order valence-electron chi connectivity index (χ4n) is 4.23. The molecule has 0 spiro atoms. The molecule has 1 aliphatic heterocycles. The summed E-state index contributed by atoms with van der Waals surface area (Å²) in [7, 11) is 0. The van der Waals surface area contributed by atoms with Crippen LogP contribution >= 0.6 is 27.5 Å². The molecule has 0 bridgehead atoms. The number of benzene rings is 3. The lowest BCUT2D eigenvalue weighted by Gasteiger charge is -2.29. The second kappa shape index (κ2) is 12.7. The lowest BCUT2D eigenvalue weighted by molar-refractivity contribution is 0.0800. The summed E-state index contributed by atoms with van der Waals surface area (Å²) >= 11 is 10.1. The van der Waals surface area contributed by atoms with Gasteiger partial charge < -0.3 is 25.2 Å². The van der Waals surface area contributed by atoms with Crippen LogP contribution in [0.25, 0.3) is 11.1 Å². The molecule has 1 aliphatic rings. The maximum absolute atomic E-state index is 9.64. The number of nitrogens with two attached hydrogens (primary N) is 1. The molecule has 1 fully saturated rings. The van der Waals surface area contributed by atoms with Crippen LogP contribution in [0.1, 0.15) is 30.4 Å². The van der Waals surface area contributed by atoms with E-state index in [9.17, 15) is 5.11 Å². The molecular weight excluding hydrogens is 528 g/mol. The molecule has 3 aromatic carbocycles. The first kappa shape index (κ1) is 26.0. The van der Waals surface area contributed by atoms with Gasteiger partial charge in [-0.05, 0) is 76.1 Å². The Balaban J connectivity index is 1.35. The van der Waals surface area contributed by atoms with Gasteiger partial charge in [-0.3, -0.25) is 0 Å². The Morgan fingerprint density at radius 2 is 1.83 bits per heavy atom. The number of rotatable bonds is 10. The molecule has 7 heteroatoms. The Kier molecular flexibility index (Phi) is 9.46. The van der Waals surface area contributed by atoms with Crippen LogP contribution in [0.2, 0.25) is 5.02 Å². The van der Waals surface area contributed by atoms with Crippen LogP contribution in [-0.4, -0.2) is 42.4 Å². The van der Waals surface area contributed by atoms with E-state index in [2.05, 4.69) is 39.0 Å². The number of aliphatic hydroxyl groups excluding tert-OH is 1. The van der Waals surface area contributed by atoms with Gasteiger partial charge in [-0.25, -0.2) is 0 Å². The van der Waals surface area contributed by atoms with E-state index in [4.69, 9.17) is 26.8 Å². The summed E-state index contributed by atoms with van der Waals surface area (Å²) < 4.78 is 13.0. The quantitative estimate of drug-likeness (QED) is 0.297. The topological polar surface area (TPSA) is 68.0 Å². The zero-order valence-electron chi connectivity index (χ0n) is 19.8. The van der Waals surface area contributed by atoms with Crippen LogP contribution in [0, 0.1) is 0 Å². The van der Waals surface area contributed by atoms with Crippen LogP contribution in [0.3, 0.4) is 0 Å². The molecule has 35 heavy (non-hydrogen) atoms. The van der Waals surface area contributed by atoms with E-state index in [0.717, 1.165) is 71.4 Å². The number of halogens is 2. The van der Waals surface area contributed by atoms with Crippen molar-refractivity contribution in [2.45, 2.75) is 38.5 Å². The lowest BCUT2D eigenvalue weighted by atomic mass is 10.0. The van der Waals surface area contributed by atoms with Gasteiger partial charge in [0.1, 0.15) is 18.1 Å². The van der Waals surface area contributed by atoms with Gasteiger partial charge in [-0.2, -0.15) is 0 Å². The molecule has 0 amide bonds. The maximum Gasteiger partial charge on any atom is 0.138 e. The van der Waals surface area contributed by atoms with Crippen molar-refractivity contribution < 1.29 is 14.6 Å². The summed E-state index contributed by atoms with van der Waals surface area (Å²) in [4.78, 5) is 2.40. The standard InChI is InChI=1S/C28H32BrClN2O3/c29-28-22(19-35-27-9-8-20(18-31)16-26(27)30)5-2-7-25(28)21-4-1-6-24(17-21)34-15-3-12-32-13-10-23(33)11-14-32/h1-2,4-9,16-17,23,33H,3,10-15,18-19,31H2. The van der Waals surface area contributed by atoms with Gasteiger partial charge in [0.15, 0.2) is 0 Å². The van der Waals surface area contributed by atoms with E-state index in [1.165, 1.54) is 0 Å². The molecule has 4 rings (SSSR count). The normalized spacial score (nSPS) is 14.7. The summed E-state index contributed by atoms with van der Waals surface area (Å²) in [5, 5.41) is 10.2. The molecule has 0 unspecified atom stereocenters. The van der Waals surface area contributed by atoms with Crippen molar-refractivity contribution in [3.63, 3.8) is 0 Å². The summed E-state index contributed by atoms with van der Waals surface area (Å²) in [6.45, 7) is 4.44. The van der Waals surface area contributed by atoms with Crippen molar-refractivity contribution in [3.05, 3.63) is 81.3 Å². The number of likely N-dealkylation sites (tertiary alicyclic amines) is 1. The zero-order valence-corrected chi connectivity index (χ0v) is 22.1. The fraction of sp³-hybridized carbons (Fsp3) is 0.357. The molecule has 0 aliphatic carbocycles. The SMILES string of the molecule is NCc1ccc(OCc2cccc(-c3cccc(OCCCN4CCC(O)CC4)c3)c2Br)c(Cl)c1. The number of nitrogens with zero attached hydrogens (tertiary/aromatic N) is 1. The molecule has 0 atom stereocenters. The smallest absolute Gasteiger partial charge is 0.138 e. The highest BCUT2D eigenvalue weighted by Gasteiger charge is 2.16. The highest BCUT2D eigenvalue weighted by molar-refractivity contribution is 9.10. The Morgan fingerprint density at radius 1 is 1.03 bits per heavy atom. The van der Waals surface area contributed by atoms with Crippen LogP contribution in [0.5, 0.6) is 11.5 Å². The van der Waals surface area contributed by atoms with E-state index in [1.807, 2.05) is 42.5 Å². The molecule has 5 nitrogen and oxygen atoms in total. The molecule has 1 heterocycles. The summed E-state index contributed by atoms with van der Waals surface area (Å²) in [5.41, 5.74) is 9.83. The Bertz CT molecular complexity index is 1120. The molecule has 3 N–H and O–H groups in total. The number of aliphatic hydroxyl groups is 1. The minimum absolute atomic E-state index is 0.129. The monoisotopic (exact) mass is 558 g/mol. The highest BCUT2D eigenvalue weighted by Crippen LogP contribution is 2.34. The highest BCUT2D eigenvalue weighted by atomic mass is 79.9. The molecule has 186 valence electrons. The first-order valence-corrected chi connectivity index (χ1v) is 13.2. The van der Waals surface area contributed by atoms with Crippen LogP contribution in [-0.2, 0) is 13.2 Å². The number of piperidine rings is 1. The van der Waals surface area contributed by atoms with E-state index >= 15 is 0 Å². The van der Waals surface area contributed by atoms with Gasteiger partial charge in [0.2, 0.25) is 0 Å². The van der Waals surface area contributed by atoms with Crippen molar-refractivity contribution >= 4 is 27.5 Å². The zero-order chi connectivity index (χ0) is 24.6. The largest absolute Gasteiger partial charge is 0.494 e. The van der Waals surface area contributed by atoms with E-state index in [-0.39, 0.29) is 6.10 Å². The van der Waals surface area contributed by atoms with Gasteiger partial charge in [-0.15, -0.1) is 0 Å². The Morgan fingerprint density at radius 3 is 2.60 bits per heavy atom. The van der Waals surface area contributed by atoms with E-state index in [0.29, 0.717) is 30.5 Å². The fourth-order valence-corrected chi connectivity index (χ4v) is 5.10. The van der Waals surface area contributed by atoms with Crippen LogP contribution in [0.4, 0.5) is 0 Å². The Hall–Kier alpha value is -2.09. The molecular formula is C28H32BrClN2O3. The Labute approximate surface area is 220 Å². The number of hydrogen-bond donors (Lipinski definition) is 2. The van der Waals surface area contributed by atoms with E-state index < -0.39 is 0 Å². The third-order valence-corrected chi connectivity index (χ3v) is 7.52. The molecule has 0 saturated carbocycles.